The maximum absolute atomic E-state index is 12.3. The van der Waals surface area contributed by atoms with Crippen LogP contribution in [0, 0.1) is 6.92 Å². The minimum Gasteiger partial charge on any atom is -0.507 e. The first kappa shape index (κ1) is 17.5. The summed E-state index contributed by atoms with van der Waals surface area (Å²) in [6.45, 7) is 7.85. The molecule has 0 bridgehead atoms. The first-order valence-corrected chi connectivity index (χ1v) is 7.58. The van der Waals surface area contributed by atoms with Crippen LogP contribution in [0.1, 0.15) is 52.6 Å². The highest BCUT2D eigenvalue weighted by molar-refractivity contribution is 6.05. The van der Waals surface area contributed by atoms with E-state index in [1.165, 1.54) is 12.1 Å². The van der Waals surface area contributed by atoms with Gasteiger partial charge in [0.15, 0.2) is 0 Å². The van der Waals surface area contributed by atoms with Gasteiger partial charge in [-0.1, -0.05) is 32.9 Å². The van der Waals surface area contributed by atoms with E-state index in [0.717, 1.165) is 5.56 Å². The largest absolute Gasteiger partial charge is 0.507 e. The lowest BCUT2D eigenvalue weighted by Gasteiger charge is -2.19. The monoisotopic (exact) mass is 327 g/mol. The van der Waals surface area contributed by atoms with Crippen LogP contribution in [0.5, 0.6) is 5.75 Å². The van der Waals surface area contributed by atoms with Gasteiger partial charge >= 0.3 is 5.97 Å². The molecular weight excluding hydrogens is 306 g/mol. The molecule has 126 valence electrons. The van der Waals surface area contributed by atoms with Crippen molar-refractivity contribution in [2.24, 2.45) is 0 Å². The minimum atomic E-state index is -1.25. The number of carbonyl (C=O) groups excluding carboxylic acids is 1. The molecule has 0 radical (unpaired) electrons. The Labute approximate surface area is 141 Å². The highest BCUT2D eigenvalue weighted by Gasteiger charge is 2.16. The van der Waals surface area contributed by atoms with E-state index < -0.39 is 5.97 Å². The second-order valence-corrected chi connectivity index (χ2v) is 6.78. The molecule has 0 aliphatic heterocycles. The number of carboxylic acids is 1. The number of carboxylic acid groups (broad SMARTS) is 1. The molecule has 0 aromatic heterocycles. The fourth-order valence-corrected chi connectivity index (χ4v) is 2.34. The van der Waals surface area contributed by atoms with Crippen molar-refractivity contribution in [1.82, 2.24) is 0 Å². The van der Waals surface area contributed by atoms with Crippen LogP contribution in [-0.4, -0.2) is 22.1 Å². The van der Waals surface area contributed by atoms with Gasteiger partial charge in [0, 0.05) is 11.3 Å². The number of aryl methyl sites for hydroxylation is 1. The number of benzene rings is 2. The molecule has 0 aliphatic rings. The number of hydrogen-bond donors (Lipinski definition) is 3. The second-order valence-electron chi connectivity index (χ2n) is 6.78. The summed E-state index contributed by atoms with van der Waals surface area (Å²) in [7, 11) is 0. The molecule has 2 aromatic rings. The van der Waals surface area contributed by atoms with Crippen LogP contribution in [0.2, 0.25) is 0 Å². The fraction of sp³-hybridized carbons (Fsp3) is 0.263. The van der Waals surface area contributed by atoms with Crippen molar-refractivity contribution in [3.05, 3.63) is 58.7 Å². The number of rotatable bonds is 3. The van der Waals surface area contributed by atoms with E-state index in [2.05, 4.69) is 26.1 Å². The van der Waals surface area contributed by atoms with E-state index in [-0.39, 0.29) is 22.6 Å². The summed E-state index contributed by atoms with van der Waals surface area (Å²) < 4.78 is 0. The number of aromatic carboxylic acids is 1. The molecule has 1 amide bonds. The van der Waals surface area contributed by atoms with E-state index in [0.29, 0.717) is 16.8 Å². The molecule has 2 rings (SSSR count). The Morgan fingerprint density at radius 2 is 1.62 bits per heavy atom. The van der Waals surface area contributed by atoms with E-state index >= 15 is 0 Å². The summed E-state index contributed by atoms with van der Waals surface area (Å²) in [6, 6.07) is 10.1. The molecule has 0 heterocycles. The van der Waals surface area contributed by atoms with Crippen molar-refractivity contribution in [2.45, 2.75) is 33.1 Å². The van der Waals surface area contributed by atoms with Crippen LogP contribution in [0.15, 0.2) is 36.4 Å². The second kappa shape index (κ2) is 6.35. The Morgan fingerprint density at radius 3 is 2.12 bits per heavy atom. The zero-order chi connectivity index (χ0) is 18.1. The molecule has 0 aliphatic carbocycles. The normalized spacial score (nSPS) is 11.2. The maximum atomic E-state index is 12.3. The van der Waals surface area contributed by atoms with Gasteiger partial charge in [-0.15, -0.1) is 0 Å². The molecule has 2 aromatic carbocycles. The number of hydrogen-bond acceptors (Lipinski definition) is 3. The van der Waals surface area contributed by atoms with Gasteiger partial charge in [-0.2, -0.15) is 0 Å². The molecular formula is C19H21NO4. The Hall–Kier alpha value is -2.82. The minimum absolute atomic E-state index is 0.000532. The number of nitrogens with one attached hydrogen (secondary N) is 1. The third-order valence-corrected chi connectivity index (χ3v) is 3.80. The highest BCUT2D eigenvalue weighted by Crippen LogP contribution is 2.27. The van der Waals surface area contributed by atoms with Gasteiger partial charge in [-0.25, -0.2) is 4.79 Å². The summed E-state index contributed by atoms with van der Waals surface area (Å²) in [6.07, 6.45) is 0. The topological polar surface area (TPSA) is 86.6 Å². The Morgan fingerprint density at radius 1 is 1.04 bits per heavy atom. The average molecular weight is 327 g/mol. The third kappa shape index (κ3) is 3.74. The quantitative estimate of drug-likeness (QED) is 0.745. The van der Waals surface area contributed by atoms with Crippen LogP contribution in [0.4, 0.5) is 5.69 Å². The summed E-state index contributed by atoms with van der Waals surface area (Å²) in [5, 5.41) is 21.5. The van der Waals surface area contributed by atoms with E-state index in [1.54, 1.807) is 19.1 Å². The molecule has 0 spiro atoms. The summed E-state index contributed by atoms with van der Waals surface area (Å²) in [5.41, 5.74) is 2.06. The average Bonchev–Trinajstić information content (AvgIpc) is 2.49. The van der Waals surface area contributed by atoms with E-state index in [9.17, 15) is 14.7 Å². The van der Waals surface area contributed by atoms with Gasteiger partial charge in [0.05, 0.1) is 0 Å². The van der Waals surface area contributed by atoms with Crippen molar-refractivity contribution in [2.75, 3.05) is 5.32 Å². The molecule has 5 nitrogen and oxygen atoms in total. The molecule has 0 saturated heterocycles. The molecule has 0 unspecified atom stereocenters. The molecule has 3 N–H and O–H groups in total. The molecule has 0 saturated carbocycles. The van der Waals surface area contributed by atoms with Gasteiger partial charge < -0.3 is 15.5 Å². The predicted octanol–water partition coefficient (Wildman–Crippen LogP) is 3.95. The van der Waals surface area contributed by atoms with Gasteiger partial charge in [0.1, 0.15) is 11.3 Å². The van der Waals surface area contributed by atoms with Crippen LogP contribution in [0.25, 0.3) is 0 Å². The maximum Gasteiger partial charge on any atom is 0.339 e. The number of amides is 1. The molecule has 24 heavy (non-hydrogen) atoms. The molecule has 0 atom stereocenters. The van der Waals surface area contributed by atoms with Gasteiger partial charge in [0.2, 0.25) is 0 Å². The SMILES string of the molecule is Cc1cc(NC(=O)c2ccc(C(C)(C)C)cc2)cc(C(=O)O)c1O. The first-order chi connectivity index (χ1) is 11.1. The van der Waals surface area contributed by atoms with E-state index in [1.807, 2.05) is 12.1 Å². The van der Waals surface area contributed by atoms with Crippen LogP contribution >= 0.6 is 0 Å². The summed E-state index contributed by atoms with van der Waals surface area (Å²) in [4.78, 5) is 23.5. The van der Waals surface area contributed by atoms with Gasteiger partial charge in [-0.3, -0.25) is 4.79 Å². The van der Waals surface area contributed by atoms with Crippen LogP contribution < -0.4 is 5.32 Å². The van der Waals surface area contributed by atoms with Gasteiger partial charge in [-0.05, 0) is 47.7 Å². The summed E-state index contributed by atoms with van der Waals surface area (Å²) >= 11 is 0. The fourth-order valence-electron chi connectivity index (χ4n) is 2.34. The van der Waals surface area contributed by atoms with Crippen molar-refractivity contribution in [3.8, 4) is 5.75 Å². The van der Waals surface area contributed by atoms with Crippen LogP contribution in [-0.2, 0) is 5.41 Å². The highest BCUT2D eigenvalue weighted by atomic mass is 16.4. The Kier molecular flexibility index (Phi) is 4.64. The lowest BCUT2D eigenvalue weighted by molar-refractivity contribution is 0.0693. The Balaban J connectivity index is 2.25. The third-order valence-electron chi connectivity index (χ3n) is 3.80. The molecule has 0 fully saturated rings. The van der Waals surface area contributed by atoms with Crippen molar-refractivity contribution < 1.29 is 19.8 Å². The number of carbonyl (C=O) groups is 2. The standard InChI is InChI=1S/C19H21NO4/c1-11-9-14(10-15(16(11)21)18(23)24)20-17(22)12-5-7-13(8-6-12)19(2,3)4/h5-10,21H,1-4H3,(H,20,22)(H,23,24). The molecule has 5 heteroatoms. The number of phenols is 1. The zero-order valence-electron chi connectivity index (χ0n) is 14.2. The lowest BCUT2D eigenvalue weighted by Crippen LogP contribution is -2.14. The van der Waals surface area contributed by atoms with Crippen molar-refractivity contribution in [1.29, 1.82) is 0 Å². The Bertz CT molecular complexity index is 786. The van der Waals surface area contributed by atoms with Crippen molar-refractivity contribution >= 4 is 17.6 Å². The smallest absolute Gasteiger partial charge is 0.339 e. The number of anilines is 1. The first-order valence-electron chi connectivity index (χ1n) is 7.58. The predicted molar refractivity (Wildman–Crippen MR) is 92.9 cm³/mol. The van der Waals surface area contributed by atoms with E-state index in [4.69, 9.17) is 5.11 Å². The van der Waals surface area contributed by atoms with Gasteiger partial charge in [0.25, 0.3) is 5.91 Å². The van der Waals surface area contributed by atoms with Crippen LogP contribution in [0.3, 0.4) is 0 Å². The zero-order valence-corrected chi connectivity index (χ0v) is 14.2. The summed E-state index contributed by atoms with van der Waals surface area (Å²) in [5.74, 6) is -1.88. The number of aromatic hydroxyl groups is 1. The lowest BCUT2D eigenvalue weighted by atomic mass is 9.87. The van der Waals surface area contributed by atoms with Crippen molar-refractivity contribution in [3.63, 3.8) is 0 Å².